The minimum Gasteiger partial charge on any atom is -0.268 e. The van der Waals surface area contributed by atoms with Crippen LogP contribution in [0, 0.1) is 0 Å². The standard InChI is InChI=1S/C16H10ClNO2S/c17-13-14(21-12-9-5-2-6-10-12)16(20)18(15(13)19)11-7-3-1-4-8-11/h1-10H. The van der Waals surface area contributed by atoms with Crippen LogP contribution in [0.25, 0.3) is 0 Å². The van der Waals surface area contributed by atoms with Crippen LogP contribution in [0.2, 0.25) is 0 Å². The Labute approximate surface area is 131 Å². The molecule has 1 heterocycles. The molecular formula is C16H10ClNO2S. The third-order valence-electron chi connectivity index (χ3n) is 2.97. The number of hydrogen-bond acceptors (Lipinski definition) is 3. The molecular weight excluding hydrogens is 306 g/mol. The van der Waals surface area contributed by atoms with E-state index >= 15 is 0 Å². The van der Waals surface area contributed by atoms with Crippen molar-refractivity contribution in [1.29, 1.82) is 0 Å². The van der Waals surface area contributed by atoms with E-state index in [1.54, 1.807) is 24.3 Å². The molecule has 2 aromatic rings. The largest absolute Gasteiger partial charge is 0.278 e. The number of imide groups is 1. The molecule has 2 amide bonds. The van der Waals surface area contributed by atoms with Gasteiger partial charge in [-0.1, -0.05) is 59.8 Å². The number of para-hydroxylation sites is 1. The third kappa shape index (κ3) is 2.60. The number of benzene rings is 2. The van der Waals surface area contributed by atoms with Gasteiger partial charge in [-0.2, -0.15) is 0 Å². The second-order valence-corrected chi connectivity index (χ2v) is 5.80. The van der Waals surface area contributed by atoms with Crippen molar-refractivity contribution in [2.24, 2.45) is 0 Å². The predicted molar refractivity (Wildman–Crippen MR) is 84.1 cm³/mol. The average Bonchev–Trinajstić information content (AvgIpc) is 2.73. The molecule has 2 aromatic carbocycles. The Morgan fingerprint density at radius 2 is 1.38 bits per heavy atom. The highest BCUT2D eigenvalue weighted by Crippen LogP contribution is 2.38. The molecule has 1 aliphatic heterocycles. The predicted octanol–water partition coefficient (Wildman–Crippen LogP) is 3.80. The number of thioether (sulfide) groups is 1. The van der Waals surface area contributed by atoms with Crippen molar-refractivity contribution in [2.75, 3.05) is 4.90 Å². The van der Waals surface area contributed by atoms with E-state index in [0.29, 0.717) is 5.69 Å². The Balaban J connectivity index is 1.92. The highest BCUT2D eigenvalue weighted by atomic mass is 35.5. The maximum absolute atomic E-state index is 12.5. The fourth-order valence-corrected chi connectivity index (χ4v) is 3.15. The first-order chi connectivity index (χ1) is 10.2. The van der Waals surface area contributed by atoms with Crippen molar-refractivity contribution in [2.45, 2.75) is 4.90 Å². The molecule has 1 aliphatic rings. The topological polar surface area (TPSA) is 37.4 Å². The summed E-state index contributed by atoms with van der Waals surface area (Å²) in [6.45, 7) is 0. The minimum absolute atomic E-state index is 0.0299. The summed E-state index contributed by atoms with van der Waals surface area (Å²) in [5.41, 5.74) is 0.523. The van der Waals surface area contributed by atoms with Crippen LogP contribution in [0.5, 0.6) is 0 Å². The molecule has 104 valence electrons. The van der Waals surface area contributed by atoms with Gasteiger partial charge >= 0.3 is 0 Å². The van der Waals surface area contributed by atoms with E-state index in [2.05, 4.69) is 0 Å². The quantitative estimate of drug-likeness (QED) is 0.808. The second kappa shape index (κ2) is 5.76. The van der Waals surface area contributed by atoms with Gasteiger partial charge in [0.2, 0.25) is 0 Å². The van der Waals surface area contributed by atoms with Gasteiger partial charge in [-0.15, -0.1) is 0 Å². The summed E-state index contributed by atoms with van der Waals surface area (Å²) in [7, 11) is 0. The summed E-state index contributed by atoms with van der Waals surface area (Å²) in [5, 5.41) is -0.0299. The van der Waals surface area contributed by atoms with Crippen molar-refractivity contribution in [3.05, 3.63) is 70.6 Å². The highest BCUT2D eigenvalue weighted by Gasteiger charge is 2.38. The zero-order valence-corrected chi connectivity index (χ0v) is 12.4. The number of amides is 2. The normalized spacial score (nSPS) is 15.0. The van der Waals surface area contributed by atoms with Crippen molar-refractivity contribution in [1.82, 2.24) is 0 Å². The number of carbonyl (C=O) groups excluding carboxylic acids is 2. The first kappa shape index (κ1) is 13.9. The molecule has 0 aliphatic carbocycles. The number of hydrogen-bond donors (Lipinski definition) is 0. The van der Waals surface area contributed by atoms with E-state index in [4.69, 9.17) is 11.6 Å². The lowest BCUT2D eigenvalue weighted by Gasteiger charge is -2.14. The Morgan fingerprint density at radius 3 is 2.00 bits per heavy atom. The molecule has 0 saturated carbocycles. The molecule has 0 atom stereocenters. The van der Waals surface area contributed by atoms with Crippen LogP contribution in [0.1, 0.15) is 0 Å². The van der Waals surface area contributed by atoms with E-state index in [-0.39, 0.29) is 15.8 Å². The fraction of sp³-hybridized carbons (Fsp3) is 0. The maximum atomic E-state index is 12.5. The van der Waals surface area contributed by atoms with Crippen molar-refractivity contribution in [3.8, 4) is 0 Å². The van der Waals surface area contributed by atoms with Gasteiger partial charge in [0, 0.05) is 4.90 Å². The van der Waals surface area contributed by atoms with Gasteiger partial charge in [0.25, 0.3) is 11.8 Å². The number of anilines is 1. The second-order valence-electron chi connectivity index (χ2n) is 4.34. The molecule has 0 fully saturated rings. The van der Waals surface area contributed by atoms with E-state index < -0.39 is 5.91 Å². The summed E-state index contributed by atoms with van der Waals surface area (Å²) in [6.07, 6.45) is 0. The first-order valence-corrected chi connectivity index (χ1v) is 7.44. The van der Waals surface area contributed by atoms with E-state index in [1.807, 2.05) is 36.4 Å². The third-order valence-corrected chi connectivity index (χ3v) is 4.52. The van der Waals surface area contributed by atoms with Gasteiger partial charge in [-0.05, 0) is 24.3 Å². The number of halogens is 1. The van der Waals surface area contributed by atoms with Crippen LogP contribution in [-0.4, -0.2) is 11.8 Å². The van der Waals surface area contributed by atoms with Crippen LogP contribution < -0.4 is 4.90 Å². The molecule has 0 radical (unpaired) electrons. The summed E-state index contributed by atoms with van der Waals surface area (Å²) >= 11 is 7.27. The van der Waals surface area contributed by atoms with Crippen molar-refractivity contribution >= 4 is 40.9 Å². The Bertz CT molecular complexity index is 728. The molecule has 0 N–H and O–H groups in total. The molecule has 21 heavy (non-hydrogen) atoms. The molecule has 0 unspecified atom stereocenters. The van der Waals surface area contributed by atoms with Crippen LogP contribution >= 0.6 is 23.4 Å². The van der Waals surface area contributed by atoms with Gasteiger partial charge < -0.3 is 0 Å². The smallest absolute Gasteiger partial charge is 0.268 e. The Hall–Kier alpha value is -2.04. The molecule has 0 bridgehead atoms. The lowest BCUT2D eigenvalue weighted by molar-refractivity contribution is -0.120. The Kier molecular flexibility index (Phi) is 3.82. The number of nitrogens with zero attached hydrogens (tertiary/aromatic N) is 1. The average molecular weight is 316 g/mol. The van der Waals surface area contributed by atoms with Crippen molar-refractivity contribution in [3.63, 3.8) is 0 Å². The molecule has 5 heteroatoms. The highest BCUT2D eigenvalue weighted by molar-refractivity contribution is 8.04. The van der Waals surface area contributed by atoms with Gasteiger partial charge in [0.15, 0.2) is 0 Å². The van der Waals surface area contributed by atoms with Crippen molar-refractivity contribution < 1.29 is 9.59 Å². The molecule has 0 spiro atoms. The Morgan fingerprint density at radius 1 is 0.810 bits per heavy atom. The molecule has 3 rings (SSSR count). The van der Waals surface area contributed by atoms with Gasteiger partial charge in [-0.3, -0.25) is 9.59 Å². The van der Waals surface area contributed by atoms with Gasteiger partial charge in [0.05, 0.1) is 5.69 Å². The SMILES string of the molecule is O=C1C(Cl)=C(Sc2ccccc2)C(=O)N1c1ccccc1. The summed E-state index contributed by atoms with van der Waals surface area (Å²) in [6, 6.07) is 18.1. The lowest BCUT2D eigenvalue weighted by Crippen LogP contribution is -2.30. The molecule has 0 aromatic heterocycles. The van der Waals surface area contributed by atoms with Crippen LogP contribution in [0.15, 0.2) is 75.5 Å². The number of carbonyl (C=O) groups is 2. The van der Waals surface area contributed by atoms with E-state index in [9.17, 15) is 9.59 Å². The summed E-state index contributed by atoms with van der Waals surface area (Å²) in [4.78, 5) is 26.9. The van der Waals surface area contributed by atoms with E-state index in [1.165, 1.54) is 11.8 Å². The van der Waals surface area contributed by atoms with Crippen LogP contribution in [0.3, 0.4) is 0 Å². The molecule has 3 nitrogen and oxygen atoms in total. The van der Waals surface area contributed by atoms with Gasteiger partial charge in [0.1, 0.15) is 9.94 Å². The minimum atomic E-state index is -0.480. The summed E-state index contributed by atoms with van der Waals surface area (Å²) < 4.78 is 0. The van der Waals surface area contributed by atoms with Crippen LogP contribution in [-0.2, 0) is 9.59 Å². The zero-order valence-electron chi connectivity index (χ0n) is 10.8. The van der Waals surface area contributed by atoms with Gasteiger partial charge in [-0.25, -0.2) is 4.90 Å². The fourth-order valence-electron chi connectivity index (χ4n) is 1.99. The molecule has 0 saturated heterocycles. The summed E-state index contributed by atoms with van der Waals surface area (Å²) in [5.74, 6) is -0.864. The van der Waals surface area contributed by atoms with Crippen LogP contribution in [0.4, 0.5) is 5.69 Å². The first-order valence-electron chi connectivity index (χ1n) is 6.25. The lowest BCUT2D eigenvalue weighted by atomic mass is 10.3. The van der Waals surface area contributed by atoms with E-state index in [0.717, 1.165) is 9.80 Å². The zero-order chi connectivity index (χ0) is 14.8. The maximum Gasteiger partial charge on any atom is 0.278 e. The number of rotatable bonds is 3. The monoisotopic (exact) mass is 315 g/mol.